The van der Waals surface area contributed by atoms with Gasteiger partial charge in [-0.05, 0) is 39.8 Å². The van der Waals surface area contributed by atoms with Crippen LogP contribution < -0.4 is 5.32 Å². The summed E-state index contributed by atoms with van der Waals surface area (Å²) in [5, 5.41) is 3.60. The van der Waals surface area contributed by atoms with E-state index in [1.807, 2.05) is 7.11 Å². The lowest BCUT2D eigenvalue weighted by molar-refractivity contribution is 0.0587. The maximum atomic E-state index is 5.40. The minimum absolute atomic E-state index is 0.487. The number of rotatable bonds is 5. The van der Waals surface area contributed by atoms with E-state index in [-0.39, 0.29) is 0 Å². The Bertz CT molecular complexity index is 150. The summed E-state index contributed by atoms with van der Waals surface area (Å²) in [5.41, 5.74) is 0. The van der Waals surface area contributed by atoms with Gasteiger partial charge in [0.1, 0.15) is 0 Å². The van der Waals surface area contributed by atoms with E-state index >= 15 is 0 Å². The molecule has 3 nitrogen and oxygen atoms in total. The zero-order chi connectivity index (χ0) is 10.4. The Morgan fingerprint density at radius 1 is 1.36 bits per heavy atom. The number of likely N-dealkylation sites (N-methyl/N-ethyl adjacent to an activating group) is 1. The Morgan fingerprint density at radius 2 is 2.14 bits per heavy atom. The van der Waals surface area contributed by atoms with Gasteiger partial charge in [-0.1, -0.05) is 0 Å². The first kappa shape index (κ1) is 12.0. The molecule has 0 radical (unpaired) electrons. The highest BCUT2D eigenvalue weighted by Crippen LogP contribution is 2.20. The second kappa shape index (κ2) is 6.38. The summed E-state index contributed by atoms with van der Waals surface area (Å²) in [6, 6.07) is 0.675. The highest BCUT2D eigenvalue weighted by atomic mass is 16.5. The Hall–Kier alpha value is -0.120. The summed E-state index contributed by atoms with van der Waals surface area (Å²) in [6.45, 7) is 2.21. The Kier molecular flexibility index (Phi) is 5.45. The van der Waals surface area contributed by atoms with E-state index in [4.69, 9.17) is 4.74 Å². The van der Waals surface area contributed by atoms with Crippen LogP contribution in [-0.4, -0.2) is 51.3 Å². The highest BCUT2D eigenvalue weighted by Gasteiger charge is 2.20. The number of ether oxygens (including phenoxy) is 1. The van der Waals surface area contributed by atoms with Crippen LogP contribution in [0.25, 0.3) is 0 Å². The number of methoxy groups -OCH3 is 1. The molecule has 1 aliphatic carbocycles. The Morgan fingerprint density at radius 3 is 2.79 bits per heavy atom. The van der Waals surface area contributed by atoms with Gasteiger partial charge in [-0.15, -0.1) is 0 Å². The molecule has 84 valence electrons. The summed E-state index contributed by atoms with van der Waals surface area (Å²) in [4.78, 5) is 2.21. The Balaban J connectivity index is 2.11. The predicted octanol–water partition coefficient (Wildman–Crippen LogP) is 1.10. The molecule has 0 aromatic heterocycles. The van der Waals surface area contributed by atoms with Crippen molar-refractivity contribution in [3.63, 3.8) is 0 Å². The topological polar surface area (TPSA) is 24.5 Å². The molecule has 0 aliphatic heterocycles. The van der Waals surface area contributed by atoms with Gasteiger partial charge in [-0.3, -0.25) is 0 Å². The third-order valence-electron chi connectivity index (χ3n) is 2.95. The lowest BCUT2D eigenvalue weighted by Gasteiger charge is -2.29. The maximum Gasteiger partial charge on any atom is 0.0586 e. The van der Waals surface area contributed by atoms with Crippen molar-refractivity contribution in [2.75, 3.05) is 34.3 Å². The molecule has 14 heavy (non-hydrogen) atoms. The van der Waals surface area contributed by atoms with Gasteiger partial charge in [0.05, 0.1) is 6.10 Å². The van der Waals surface area contributed by atoms with Gasteiger partial charge in [0, 0.05) is 26.2 Å². The first-order valence-corrected chi connectivity index (χ1v) is 5.63. The standard InChI is InChI=1S/C11H24N2O/c1-13(2)8-7-12-10-5-4-6-11(9-10)14-3/h10-12H,4-9H2,1-3H3. The lowest BCUT2D eigenvalue weighted by Crippen LogP contribution is -2.39. The van der Waals surface area contributed by atoms with E-state index in [0.717, 1.165) is 13.1 Å². The van der Waals surface area contributed by atoms with Crippen molar-refractivity contribution in [3.8, 4) is 0 Å². The van der Waals surface area contributed by atoms with Crippen molar-refractivity contribution in [1.29, 1.82) is 0 Å². The highest BCUT2D eigenvalue weighted by molar-refractivity contribution is 4.78. The zero-order valence-electron chi connectivity index (χ0n) is 9.75. The molecular weight excluding hydrogens is 176 g/mol. The fourth-order valence-electron chi connectivity index (χ4n) is 2.04. The van der Waals surface area contributed by atoms with Gasteiger partial charge in [-0.25, -0.2) is 0 Å². The molecule has 0 heterocycles. The fourth-order valence-corrected chi connectivity index (χ4v) is 2.04. The monoisotopic (exact) mass is 200 g/mol. The molecule has 1 fully saturated rings. The van der Waals surface area contributed by atoms with Crippen molar-refractivity contribution >= 4 is 0 Å². The second-order valence-corrected chi connectivity index (χ2v) is 4.48. The van der Waals surface area contributed by atoms with Crippen LogP contribution in [0, 0.1) is 0 Å². The summed E-state index contributed by atoms with van der Waals surface area (Å²) in [6.07, 6.45) is 5.53. The summed E-state index contributed by atoms with van der Waals surface area (Å²) in [7, 11) is 6.05. The summed E-state index contributed by atoms with van der Waals surface area (Å²) < 4.78 is 5.40. The Labute approximate surface area is 87.8 Å². The minimum Gasteiger partial charge on any atom is -0.381 e. The number of nitrogens with zero attached hydrogens (tertiary/aromatic N) is 1. The smallest absolute Gasteiger partial charge is 0.0586 e. The third-order valence-corrected chi connectivity index (χ3v) is 2.95. The SMILES string of the molecule is COC1CCCC(NCCN(C)C)C1. The third kappa shape index (κ3) is 4.40. The second-order valence-electron chi connectivity index (χ2n) is 4.48. The molecule has 0 aromatic rings. The van der Waals surface area contributed by atoms with Crippen molar-refractivity contribution < 1.29 is 4.74 Å². The molecule has 0 saturated heterocycles. The first-order valence-electron chi connectivity index (χ1n) is 5.63. The van der Waals surface area contributed by atoms with Gasteiger partial charge in [0.2, 0.25) is 0 Å². The number of hydrogen-bond donors (Lipinski definition) is 1. The maximum absolute atomic E-state index is 5.40. The van der Waals surface area contributed by atoms with Crippen LogP contribution in [-0.2, 0) is 4.74 Å². The molecule has 2 unspecified atom stereocenters. The molecule has 2 atom stereocenters. The van der Waals surface area contributed by atoms with Crippen molar-refractivity contribution in [3.05, 3.63) is 0 Å². The molecule has 1 N–H and O–H groups in total. The average molecular weight is 200 g/mol. The van der Waals surface area contributed by atoms with E-state index in [9.17, 15) is 0 Å². The van der Waals surface area contributed by atoms with Crippen LogP contribution in [0.3, 0.4) is 0 Å². The van der Waals surface area contributed by atoms with Crippen LogP contribution in [0.4, 0.5) is 0 Å². The molecule has 1 rings (SSSR count). The summed E-state index contributed by atoms with van der Waals surface area (Å²) in [5.74, 6) is 0. The molecule has 1 aliphatic rings. The largest absolute Gasteiger partial charge is 0.381 e. The zero-order valence-corrected chi connectivity index (χ0v) is 9.75. The molecule has 0 bridgehead atoms. The normalized spacial score (nSPS) is 28.3. The average Bonchev–Trinajstić information content (AvgIpc) is 2.18. The molecule has 3 heteroatoms. The van der Waals surface area contributed by atoms with Crippen LogP contribution in [0.1, 0.15) is 25.7 Å². The van der Waals surface area contributed by atoms with Crippen molar-refractivity contribution in [1.82, 2.24) is 10.2 Å². The molecule has 0 amide bonds. The van der Waals surface area contributed by atoms with E-state index < -0.39 is 0 Å². The van der Waals surface area contributed by atoms with Gasteiger partial charge < -0.3 is 15.0 Å². The quantitative estimate of drug-likeness (QED) is 0.719. The fraction of sp³-hybridized carbons (Fsp3) is 1.00. The molecule has 0 aromatic carbocycles. The number of hydrogen-bond acceptors (Lipinski definition) is 3. The van der Waals surface area contributed by atoms with Crippen molar-refractivity contribution in [2.24, 2.45) is 0 Å². The van der Waals surface area contributed by atoms with E-state index in [1.54, 1.807) is 0 Å². The van der Waals surface area contributed by atoms with E-state index in [0.29, 0.717) is 12.1 Å². The predicted molar refractivity (Wildman–Crippen MR) is 59.6 cm³/mol. The van der Waals surface area contributed by atoms with Gasteiger partial charge >= 0.3 is 0 Å². The van der Waals surface area contributed by atoms with E-state index in [2.05, 4.69) is 24.3 Å². The van der Waals surface area contributed by atoms with Gasteiger partial charge in [0.15, 0.2) is 0 Å². The van der Waals surface area contributed by atoms with Gasteiger partial charge in [0.25, 0.3) is 0 Å². The lowest BCUT2D eigenvalue weighted by atomic mass is 9.93. The molecule has 0 spiro atoms. The van der Waals surface area contributed by atoms with Crippen LogP contribution >= 0.6 is 0 Å². The van der Waals surface area contributed by atoms with Crippen LogP contribution in [0.5, 0.6) is 0 Å². The van der Waals surface area contributed by atoms with Crippen molar-refractivity contribution in [2.45, 2.75) is 37.8 Å². The minimum atomic E-state index is 0.487. The summed E-state index contributed by atoms with van der Waals surface area (Å²) >= 11 is 0. The van der Waals surface area contributed by atoms with E-state index in [1.165, 1.54) is 25.7 Å². The first-order chi connectivity index (χ1) is 6.72. The van der Waals surface area contributed by atoms with Crippen LogP contribution in [0.2, 0.25) is 0 Å². The molecular formula is C11H24N2O. The van der Waals surface area contributed by atoms with Crippen LogP contribution in [0.15, 0.2) is 0 Å². The molecule has 1 saturated carbocycles. The van der Waals surface area contributed by atoms with Gasteiger partial charge in [-0.2, -0.15) is 0 Å². The number of nitrogens with one attached hydrogen (secondary N) is 1.